The van der Waals surface area contributed by atoms with E-state index in [9.17, 15) is 10.2 Å². The number of nitrogens with zero attached hydrogens (tertiary/aromatic N) is 1. The summed E-state index contributed by atoms with van der Waals surface area (Å²) in [5, 5.41) is 19.6. The Morgan fingerprint density at radius 1 is 1.22 bits per heavy atom. The van der Waals surface area contributed by atoms with Crippen molar-refractivity contribution in [3.63, 3.8) is 0 Å². The number of aliphatic hydroxyl groups is 2. The molecule has 2 N–H and O–H groups in total. The molecule has 2 heterocycles. The summed E-state index contributed by atoms with van der Waals surface area (Å²) < 4.78 is 0.890. The molecule has 3 nitrogen and oxygen atoms in total. The lowest BCUT2D eigenvalue weighted by atomic mass is 10.0. The van der Waals surface area contributed by atoms with E-state index in [0.717, 1.165) is 36.1 Å². The largest absolute Gasteiger partial charge is 0.392 e. The van der Waals surface area contributed by atoms with Crippen molar-refractivity contribution in [1.82, 2.24) is 0 Å². The quantitative estimate of drug-likeness (QED) is 0.618. The van der Waals surface area contributed by atoms with Gasteiger partial charge in [-0.05, 0) is 6.08 Å². The van der Waals surface area contributed by atoms with E-state index >= 15 is 0 Å². The standard InChI is InChI=1S/C15H20NO2/c17-11-13-6-8-16(9-7-14(18)15(13)16)10-12-4-2-1-3-5-12/h1-6,14-15,17-18H,7-11H2/q+1/t14-,15-,16?/m1/s1. The second kappa shape index (κ2) is 4.50. The van der Waals surface area contributed by atoms with Crippen molar-refractivity contribution in [3.8, 4) is 0 Å². The van der Waals surface area contributed by atoms with E-state index in [1.165, 1.54) is 5.56 Å². The summed E-state index contributed by atoms with van der Waals surface area (Å²) in [6.07, 6.45) is 2.67. The fraction of sp³-hybridized carbons (Fsp3) is 0.467. The summed E-state index contributed by atoms with van der Waals surface area (Å²) >= 11 is 0. The van der Waals surface area contributed by atoms with Gasteiger partial charge in [0, 0.05) is 17.6 Å². The number of fused-ring (bicyclic) bond motifs is 1. The molecule has 18 heavy (non-hydrogen) atoms. The van der Waals surface area contributed by atoms with E-state index in [2.05, 4.69) is 30.3 Å². The van der Waals surface area contributed by atoms with Gasteiger partial charge in [0.2, 0.25) is 0 Å². The number of benzene rings is 1. The first kappa shape index (κ1) is 11.9. The van der Waals surface area contributed by atoms with Gasteiger partial charge in [0.1, 0.15) is 18.7 Å². The third-order valence-electron chi connectivity index (χ3n) is 4.44. The van der Waals surface area contributed by atoms with Crippen molar-refractivity contribution in [1.29, 1.82) is 0 Å². The number of rotatable bonds is 3. The van der Waals surface area contributed by atoms with Crippen molar-refractivity contribution >= 4 is 0 Å². The second-order valence-electron chi connectivity index (χ2n) is 5.51. The molecule has 1 saturated heterocycles. The van der Waals surface area contributed by atoms with Gasteiger partial charge in [-0.2, -0.15) is 0 Å². The van der Waals surface area contributed by atoms with Gasteiger partial charge in [-0.1, -0.05) is 30.3 Å². The van der Waals surface area contributed by atoms with E-state index in [4.69, 9.17) is 0 Å². The second-order valence-corrected chi connectivity index (χ2v) is 5.51. The average molecular weight is 246 g/mol. The third-order valence-corrected chi connectivity index (χ3v) is 4.44. The maximum Gasteiger partial charge on any atom is 0.140 e. The van der Waals surface area contributed by atoms with Crippen LogP contribution in [0.1, 0.15) is 12.0 Å². The van der Waals surface area contributed by atoms with Gasteiger partial charge in [0.15, 0.2) is 0 Å². The summed E-state index contributed by atoms with van der Waals surface area (Å²) in [4.78, 5) is 0. The van der Waals surface area contributed by atoms with Crippen LogP contribution in [-0.2, 0) is 6.54 Å². The maximum atomic E-state index is 10.2. The van der Waals surface area contributed by atoms with Gasteiger partial charge in [-0.15, -0.1) is 0 Å². The first-order valence-corrected chi connectivity index (χ1v) is 6.63. The Morgan fingerprint density at radius 3 is 2.72 bits per heavy atom. The Balaban J connectivity index is 1.87. The van der Waals surface area contributed by atoms with Crippen LogP contribution >= 0.6 is 0 Å². The summed E-state index contributed by atoms with van der Waals surface area (Å²) in [6.45, 7) is 2.96. The molecule has 3 atom stereocenters. The highest BCUT2D eigenvalue weighted by Crippen LogP contribution is 2.38. The van der Waals surface area contributed by atoms with Crippen LogP contribution < -0.4 is 0 Å². The minimum Gasteiger partial charge on any atom is -0.392 e. The van der Waals surface area contributed by atoms with E-state index in [0.29, 0.717) is 0 Å². The molecule has 0 bridgehead atoms. The lowest BCUT2D eigenvalue weighted by molar-refractivity contribution is -0.938. The average Bonchev–Trinajstić information content (AvgIpc) is 2.90. The molecule has 0 saturated carbocycles. The van der Waals surface area contributed by atoms with Crippen LogP contribution in [0, 0.1) is 0 Å². The van der Waals surface area contributed by atoms with E-state index in [1.54, 1.807) is 0 Å². The Kier molecular flexibility index (Phi) is 2.98. The van der Waals surface area contributed by atoms with E-state index in [-0.39, 0.29) is 18.8 Å². The summed E-state index contributed by atoms with van der Waals surface area (Å²) in [5.74, 6) is 0. The van der Waals surface area contributed by atoms with Crippen molar-refractivity contribution in [3.05, 3.63) is 47.5 Å². The molecule has 0 spiro atoms. The zero-order valence-electron chi connectivity index (χ0n) is 10.5. The molecule has 1 aromatic rings. The van der Waals surface area contributed by atoms with Gasteiger partial charge in [-0.3, -0.25) is 0 Å². The third kappa shape index (κ3) is 1.79. The first-order chi connectivity index (χ1) is 8.75. The van der Waals surface area contributed by atoms with Crippen LogP contribution in [0.3, 0.4) is 0 Å². The Labute approximate surface area is 108 Å². The SMILES string of the molecule is OCC1=CC[N+]2(Cc3ccccc3)CC[C@@H](O)[C@@H]12. The van der Waals surface area contributed by atoms with Gasteiger partial charge >= 0.3 is 0 Å². The molecule has 3 heteroatoms. The molecule has 96 valence electrons. The topological polar surface area (TPSA) is 40.5 Å². The van der Waals surface area contributed by atoms with Gasteiger partial charge in [0.25, 0.3) is 0 Å². The molecule has 1 unspecified atom stereocenters. The summed E-state index contributed by atoms with van der Waals surface area (Å²) in [6, 6.07) is 10.5. The molecule has 0 aliphatic carbocycles. The first-order valence-electron chi connectivity index (χ1n) is 6.63. The molecule has 1 fully saturated rings. The monoisotopic (exact) mass is 246 g/mol. The summed E-state index contributed by atoms with van der Waals surface area (Å²) in [7, 11) is 0. The lowest BCUT2D eigenvalue weighted by Gasteiger charge is -2.36. The zero-order valence-corrected chi connectivity index (χ0v) is 10.5. The summed E-state index contributed by atoms with van der Waals surface area (Å²) in [5.41, 5.74) is 2.33. The highest BCUT2D eigenvalue weighted by molar-refractivity contribution is 5.20. The molecule has 0 aromatic heterocycles. The van der Waals surface area contributed by atoms with E-state index in [1.807, 2.05) is 6.07 Å². The smallest absolute Gasteiger partial charge is 0.140 e. The van der Waals surface area contributed by atoms with Crippen LogP contribution in [0.4, 0.5) is 0 Å². The minimum atomic E-state index is -0.297. The Bertz CT molecular complexity index is 457. The van der Waals surface area contributed by atoms with Crippen molar-refractivity contribution in [2.24, 2.45) is 0 Å². The number of hydrogen-bond acceptors (Lipinski definition) is 2. The van der Waals surface area contributed by atoms with Gasteiger partial charge < -0.3 is 14.7 Å². The van der Waals surface area contributed by atoms with Crippen LogP contribution in [-0.4, -0.2) is 46.5 Å². The van der Waals surface area contributed by atoms with Crippen LogP contribution in [0.25, 0.3) is 0 Å². The number of aliphatic hydroxyl groups excluding tert-OH is 2. The predicted molar refractivity (Wildman–Crippen MR) is 69.7 cm³/mol. The molecule has 2 aliphatic heterocycles. The molecular formula is C15H20NO2+. The zero-order chi connectivity index (χ0) is 12.6. The highest BCUT2D eigenvalue weighted by atomic mass is 16.3. The van der Waals surface area contributed by atoms with Crippen LogP contribution in [0.2, 0.25) is 0 Å². The van der Waals surface area contributed by atoms with Crippen LogP contribution in [0.15, 0.2) is 42.0 Å². The predicted octanol–water partition coefficient (Wildman–Crippen LogP) is 1.07. The molecule has 0 amide bonds. The van der Waals surface area contributed by atoms with E-state index < -0.39 is 0 Å². The fourth-order valence-electron chi connectivity index (χ4n) is 3.62. The van der Waals surface area contributed by atoms with Crippen molar-refractivity contribution < 1.29 is 14.7 Å². The fourth-order valence-corrected chi connectivity index (χ4v) is 3.62. The minimum absolute atomic E-state index is 0.0799. The maximum absolute atomic E-state index is 10.2. The van der Waals surface area contributed by atoms with Crippen molar-refractivity contribution in [2.75, 3.05) is 19.7 Å². The highest BCUT2D eigenvalue weighted by Gasteiger charge is 2.51. The van der Waals surface area contributed by atoms with Gasteiger partial charge in [0.05, 0.1) is 19.7 Å². The molecule has 3 rings (SSSR count). The van der Waals surface area contributed by atoms with Gasteiger partial charge in [-0.25, -0.2) is 0 Å². The molecule has 1 aromatic carbocycles. The normalized spacial score (nSPS) is 34.4. The van der Waals surface area contributed by atoms with Crippen LogP contribution in [0.5, 0.6) is 0 Å². The number of quaternary nitrogens is 1. The molecular weight excluding hydrogens is 226 g/mol. The lowest BCUT2D eigenvalue weighted by Crippen LogP contribution is -2.51. The van der Waals surface area contributed by atoms with Crippen molar-refractivity contribution in [2.45, 2.75) is 25.1 Å². The molecule has 0 radical (unpaired) electrons. The Morgan fingerprint density at radius 2 is 2.00 bits per heavy atom. The Hall–Kier alpha value is -1.16. The number of hydrogen-bond donors (Lipinski definition) is 2. The molecule has 2 aliphatic rings.